The van der Waals surface area contributed by atoms with E-state index in [1.807, 2.05) is 42.5 Å². The Morgan fingerprint density at radius 1 is 1.21 bits per heavy atom. The van der Waals surface area contributed by atoms with Gasteiger partial charge < -0.3 is 20.3 Å². The van der Waals surface area contributed by atoms with Crippen LogP contribution in [0.4, 0.5) is 10.5 Å². The molecule has 2 fully saturated rings. The van der Waals surface area contributed by atoms with E-state index in [2.05, 4.69) is 20.5 Å². The number of nitrogens with zero attached hydrogens (tertiary/aromatic N) is 2. The van der Waals surface area contributed by atoms with Crippen molar-refractivity contribution in [3.8, 4) is 0 Å². The van der Waals surface area contributed by atoms with Crippen LogP contribution in [0.3, 0.4) is 0 Å². The molecule has 28 heavy (non-hydrogen) atoms. The monoisotopic (exact) mass is 380 g/mol. The number of ether oxygens (including phenoxy) is 1. The van der Waals surface area contributed by atoms with Crippen molar-refractivity contribution >= 4 is 17.7 Å². The van der Waals surface area contributed by atoms with Crippen molar-refractivity contribution in [1.29, 1.82) is 0 Å². The van der Waals surface area contributed by atoms with Gasteiger partial charge >= 0.3 is 6.09 Å². The van der Waals surface area contributed by atoms with Crippen LogP contribution in [0.15, 0.2) is 48.7 Å². The Hall–Kier alpha value is -3.09. The maximum absolute atomic E-state index is 12.5. The first kappa shape index (κ1) is 18.3. The molecule has 4 rings (SSSR count). The average Bonchev–Trinajstić information content (AvgIpc) is 3.09. The van der Waals surface area contributed by atoms with Gasteiger partial charge in [-0.05, 0) is 24.1 Å². The van der Waals surface area contributed by atoms with Crippen LogP contribution in [0.25, 0.3) is 0 Å². The van der Waals surface area contributed by atoms with E-state index in [9.17, 15) is 9.59 Å². The molecule has 0 aliphatic carbocycles. The van der Waals surface area contributed by atoms with Crippen molar-refractivity contribution in [2.24, 2.45) is 0 Å². The summed E-state index contributed by atoms with van der Waals surface area (Å²) in [5, 5.41) is 5.68. The van der Waals surface area contributed by atoms with Gasteiger partial charge in [-0.25, -0.2) is 4.79 Å². The van der Waals surface area contributed by atoms with Crippen molar-refractivity contribution in [2.75, 3.05) is 31.1 Å². The molecule has 1 aromatic heterocycles. The van der Waals surface area contributed by atoms with Crippen LogP contribution in [0.2, 0.25) is 0 Å². The highest BCUT2D eigenvalue weighted by atomic mass is 16.6. The van der Waals surface area contributed by atoms with Crippen LogP contribution in [0, 0.1) is 0 Å². The zero-order valence-corrected chi connectivity index (χ0v) is 15.7. The van der Waals surface area contributed by atoms with Crippen molar-refractivity contribution in [3.05, 3.63) is 59.9 Å². The first-order valence-electron chi connectivity index (χ1n) is 9.64. The molecule has 2 N–H and O–H groups in total. The maximum atomic E-state index is 12.5. The smallest absolute Gasteiger partial charge is 0.407 e. The fourth-order valence-corrected chi connectivity index (χ4v) is 3.75. The lowest BCUT2D eigenvalue weighted by atomic mass is 9.91. The molecule has 7 heteroatoms. The Balaban J connectivity index is 1.33. The summed E-state index contributed by atoms with van der Waals surface area (Å²) >= 11 is 0. The molecule has 146 valence electrons. The lowest BCUT2D eigenvalue weighted by molar-refractivity contribution is 0.0366. The fraction of sp³-hybridized carbons (Fsp3) is 0.381. The van der Waals surface area contributed by atoms with Crippen molar-refractivity contribution in [3.63, 3.8) is 0 Å². The molecule has 2 amide bonds. The molecule has 0 radical (unpaired) electrons. The standard InChI is InChI=1S/C21H24N4O3/c26-19(23-10-6-16-4-2-1-3-5-16)18-14-17(7-11-22-18)25-12-8-21(9-13-25)15-24-20(27)28-21/h1-5,7,11,14H,6,8-10,12-13,15H2,(H,23,26)(H,24,27). The third-order valence-electron chi connectivity index (χ3n) is 5.42. The third kappa shape index (κ3) is 4.08. The van der Waals surface area contributed by atoms with Gasteiger partial charge in [-0.1, -0.05) is 30.3 Å². The molecule has 0 unspecified atom stereocenters. The quantitative estimate of drug-likeness (QED) is 0.830. The number of amides is 2. The largest absolute Gasteiger partial charge is 0.441 e. The summed E-state index contributed by atoms with van der Waals surface area (Å²) < 4.78 is 5.46. The van der Waals surface area contributed by atoms with E-state index in [0.29, 0.717) is 18.8 Å². The predicted molar refractivity (Wildman–Crippen MR) is 105 cm³/mol. The molecule has 2 aliphatic heterocycles. The lowest BCUT2D eigenvalue weighted by Crippen LogP contribution is -2.46. The third-order valence-corrected chi connectivity index (χ3v) is 5.42. The van der Waals surface area contributed by atoms with Crippen molar-refractivity contribution in [1.82, 2.24) is 15.6 Å². The Morgan fingerprint density at radius 3 is 2.71 bits per heavy atom. The number of aromatic nitrogens is 1. The molecule has 0 saturated carbocycles. The van der Waals surface area contributed by atoms with Gasteiger partial charge in [0.1, 0.15) is 11.3 Å². The number of nitrogens with one attached hydrogen (secondary N) is 2. The molecular formula is C21H24N4O3. The molecule has 2 saturated heterocycles. The highest BCUT2D eigenvalue weighted by Gasteiger charge is 2.42. The normalized spacial score (nSPS) is 17.9. The Kier molecular flexibility index (Phi) is 5.14. The summed E-state index contributed by atoms with van der Waals surface area (Å²) in [7, 11) is 0. The summed E-state index contributed by atoms with van der Waals surface area (Å²) in [4.78, 5) is 30.2. The number of hydrogen-bond donors (Lipinski definition) is 2. The van der Waals surface area contributed by atoms with Gasteiger partial charge in [0.15, 0.2) is 0 Å². The molecular weight excluding hydrogens is 356 g/mol. The van der Waals surface area contributed by atoms with Gasteiger partial charge in [-0.3, -0.25) is 9.78 Å². The zero-order valence-electron chi connectivity index (χ0n) is 15.7. The highest BCUT2D eigenvalue weighted by molar-refractivity contribution is 5.93. The summed E-state index contributed by atoms with van der Waals surface area (Å²) in [6.45, 7) is 2.69. The van der Waals surface area contributed by atoms with E-state index in [4.69, 9.17) is 4.74 Å². The number of piperidine rings is 1. The number of anilines is 1. The second-order valence-electron chi connectivity index (χ2n) is 7.30. The molecule has 0 bridgehead atoms. The van der Waals surface area contributed by atoms with Crippen LogP contribution < -0.4 is 15.5 Å². The number of carbonyl (C=O) groups is 2. The second-order valence-corrected chi connectivity index (χ2v) is 7.30. The number of benzene rings is 1. The van der Waals surface area contributed by atoms with E-state index < -0.39 is 0 Å². The lowest BCUT2D eigenvalue weighted by Gasteiger charge is -2.38. The number of rotatable bonds is 5. The van der Waals surface area contributed by atoms with Crippen LogP contribution in [0.5, 0.6) is 0 Å². The van der Waals surface area contributed by atoms with E-state index >= 15 is 0 Å². The van der Waals surface area contributed by atoms with E-state index in [1.54, 1.807) is 6.20 Å². The van der Waals surface area contributed by atoms with Gasteiger partial charge in [-0.2, -0.15) is 0 Å². The predicted octanol–water partition coefficient (Wildman–Crippen LogP) is 2.13. The van der Waals surface area contributed by atoms with E-state index in [-0.39, 0.29) is 17.6 Å². The van der Waals surface area contributed by atoms with Crippen LogP contribution in [-0.2, 0) is 11.2 Å². The summed E-state index contributed by atoms with van der Waals surface area (Å²) in [5.74, 6) is -0.166. The first-order valence-corrected chi connectivity index (χ1v) is 9.64. The molecule has 2 aromatic rings. The Labute approximate surface area is 164 Å². The fourth-order valence-electron chi connectivity index (χ4n) is 3.75. The van der Waals surface area contributed by atoms with Gasteiger partial charge in [0, 0.05) is 44.4 Å². The molecule has 1 aromatic carbocycles. The SMILES string of the molecule is O=C1NCC2(CCN(c3ccnc(C(=O)NCCc4ccccc4)c3)CC2)O1. The Morgan fingerprint density at radius 2 is 2.00 bits per heavy atom. The van der Waals surface area contributed by atoms with Gasteiger partial charge in [0.2, 0.25) is 0 Å². The summed E-state index contributed by atoms with van der Waals surface area (Å²) in [6, 6.07) is 13.8. The minimum atomic E-state index is -0.377. The molecule has 2 aliphatic rings. The minimum absolute atomic E-state index is 0.166. The molecule has 3 heterocycles. The van der Waals surface area contributed by atoms with Gasteiger partial charge in [0.25, 0.3) is 5.91 Å². The van der Waals surface area contributed by atoms with Crippen LogP contribution >= 0.6 is 0 Å². The minimum Gasteiger partial charge on any atom is -0.441 e. The number of carbonyl (C=O) groups excluding carboxylic acids is 2. The number of pyridine rings is 1. The average molecular weight is 380 g/mol. The van der Waals surface area contributed by atoms with E-state index in [1.165, 1.54) is 5.56 Å². The Bertz CT molecular complexity index is 848. The van der Waals surface area contributed by atoms with Crippen LogP contribution in [0.1, 0.15) is 28.9 Å². The summed E-state index contributed by atoms with van der Waals surface area (Å²) in [5.41, 5.74) is 2.20. The van der Waals surface area contributed by atoms with E-state index in [0.717, 1.165) is 38.0 Å². The first-order chi connectivity index (χ1) is 13.6. The van der Waals surface area contributed by atoms with Gasteiger partial charge in [0.05, 0.1) is 6.54 Å². The van der Waals surface area contributed by atoms with Crippen molar-refractivity contribution < 1.29 is 14.3 Å². The van der Waals surface area contributed by atoms with Gasteiger partial charge in [-0.15, -0.1) is 0 Å². The highest BCUT2D eigenvalue weighted by Crippen LogP contribution is 2.31. The number of alkyl carbamates (subject to hydrolysis) is 1. The zero-order chi connectivity index (χ0) is 19.4. The maximum Gasteiger partial charge on any atom is 0.407 e. The number of hydrogen-bond acceptors (Lipinski definition) is 5. The van der Waals surface area contributed by atoms with Crippen LogP contribution in [-0.4, -0.2) is 48.8 Å². The van der Waals surface area contributed by atoms with Crippen molar-refractivity contribution in [2.45, 2.75) is 24.9 Å². The molecule has 0 atom stereocenters. The second kappa shape index (κ2) is 7.88. The molecule has 1 spiro atoms. The molecule has 7 nitrogen and oxygen atoms in total. The summed E-state index contributed by atoms with van der Waals surface area (Å²) in [6.07, 6.45) is 3.67. The topological polar surface area (TPSA) is 83.6 Å².